The van der Waals surface area contributed by atoms with Crippen molar-refractivity contribution in [3.05, 3.63) is 30.1 Å². The minimum Gasteiger partial charge on any atom is -0.387 e. The van der Waals surface area contributed by atoms with E-state index in [4.69, 9.17) is 5.11 Å². The van der Waals surface area contributed by atoms with Crippen molar-refractivity contribution in [3.8, 4) is 0 Å². The van der Waals surface area contributed by atoms with E-state index >= 15 is 0 Å². The van der Waals surface area contributed by atoms with Gasteiger partial charge in [-0.05, 0) is 31.4 Å². The Hall–Kier alpha value is -1.95. The lowest BCUT2D eigenvalue weighted by molar-refractivity contribution is -0.145. The van der Waals surface area contributed by atoms with Gasteiger partial charge in [-0.2, -0.15) is 0 Å². The minimum atomic E-state index is -0.438. The lowest BCUT2D eigenvalue weighted by atomic mass is 9.73. The number of hydrogen-bond donors (Lipinski definition) is 1. The third-order valence-corrected chi connectivity index (χ3v) is 4.98. The van der Waals surface area contributed by atoms with Crippen molar-refractivity contribution in [2.75, 3.05) is 26.2 Å². The summed E-state index contributed by atoms with van der Waals surface area (Å²) in [7, 11) is 0. The van der Waals surface area contributed by atoms with Gasteiger partial charge in [0.05, 0.1) is 12.2 Å². The summed E-state index contributed by atoms with van der Waals surface area (Å²) >= 11 is 0. The van der Waals surface area contributed by atoms with Gasteiger partial charge < -0.3 is 14.9 Å². The third kappa shape index (κ3) is 3.52. The van der Waals surface area contributed by atoms with E-state index in [1.807, 2.05) is 23.1 Å². The molecule has 2 saturated heterocycles. The zero-order chi connectivity index (χ0) is 16.3. The second-order valence-corrected chi connectivity index (χ2v) is 6.65. The van der Waals surface area contributed by atoms with Crippen LogP contribution in [0.3, 0.4) is 0 Å². The van der Waals surface area contributed by atoms with Crippen LogP contribution in [-0.4, -0.2) is 57.9 Å². The molecule has 2 aliphatic rings. The molecule has 0 saturated carbocycles. The number of likely N-dealkylation sites (tertiary alicyclic amines) is 2. The van der Waals surface area contributed by atoms with Crippen LogP contribution in [0.15, 0.2) is 24.4 Å². The Morgan fingerprint density at radius 3 is 2.91 bits per heavy atom. The molecule has 1 aromatic heterocycles. The Morgan fingerprint density at radius 2 is 2.17 bits per heavy atom. The maximum atomic E-state index is 12.3. The first-order valence-electron chi connectivity index (χ1n) is 8.18. The predicted molar refractivity (Wildman–Crippen MR) is 84.2 cm³/mol. The molecular weight excluding hydrogens is 294 g/mol. The summed E-state index contributed by atoms with van der Waals surface area (Å²) in [5.74, 6) is -0.0517. The summed E-state index contributed by atoms with van der Waals surface area (Å²) in [5, 5.41) is 9.10. The number of aromatic nitrogens is 1. The van der Waals surface area contributed by atoms with E-state index in [0.717, 1.165) is 25.0 Å². The van der Waals surface area contributed by atoms with Crippen LogP contribution >= 0.6 is 0 Å². The van der Waals surface area contributed by atoms with Gasteiger partial charge >= 0.3 is 0 Å². The third-order valence-electron chi connectivity index (χ3n) is 4.98. The lowest BCUT2D eigenvalue weighted by Crippen LogP contribution is -2.55. The maximum absolute atomic E-state index is 12.3. The highest BCUT2D eigenvalue weighted by Crippen LogP contribution is 2.39. The molecule has 0 radical (unpaired) electrons. The number of hydrogen-bond acceptors (Lipinski definition) is 4. The first kappa shape index (κ1) is 15.9. The smallest absolute Gasteiger partial charge is 0.248 e. The van der Waals surface area contributed by atoms with Crippen LogP contribution in [0.2, 0.25) is 0 Å². The topological polar surface area (TPSA) is 73.7 Å². The number of carbonyl (C=O) groups is 2. The van der Waals surface area contributed by atoms with Crippen LogP contribution in [0, 0.1) is 5.41 Å². The van der Waals surface area contributed by atoms with Crippen LogP contribution in [0.5, 0.6) is 0 Å². The van der Waals surface area contributed by atoms with Crippen LogP contribution in [-0.2, 0) is 16.1 Å². The number of aliphatic hydroxyl groups excluding tert-OH is 1. The highest BCUT2D eigenvalue weighted by molar-refractivity contribution is 5.78. The number of piperidine rings is 2. The Labute approximate surface area is 136 Å². The molecule has 1 atom stereocenters. The maximum Gasteiger partial charge on any atom is 0.248 e. The first-order chi connectivity index (χ1) is 11.1. The molecule has 0 aliphatic carbocycles. The highest BCUT2D eigenvalue weighted by atomic mass is 16.3. The van der Waals surface area contributed by atoms with Crippen molar-refractivity contribution >= 4 is 11.8 Å². The molecule has 23 heavy (non-hydrogen) atoms. The van der Waals surface area contributed by atoms with Gasteiger partial charge in [0.1, 0.15) is 6.61 Å². The fourth-order valence-electron chi connectivity index (χ4n) is 3.79. The summed E-state index contributed by atoms with van der Waals surface area (Å²) in [4.78, 5) is 32.0. The van der Waals surface area contributed by atoms with Gasteiger partial charge in [-0.15, -0.1) is 0 Å². The molecular formula is C17H23N3O3. The Morgan fingerprint density at radius 1 is 1.30 bits per heavy atom. The van der Waals surface area contributed by atoms with Crippen LogP contribution in [0.4, 0.5) is 0 Å². The number of pyridine rings is 1. The number of carbonyl (C=O) groups excluding carboxylic acids is 2. The van der Waals surface area contributed by atoms with Crippen molar-refractivity contribution in [3.63, 3.8) is 0 Å². The van der Waals surface area contributed by atoms with E-state index in [-0.39, 0.29) is 17.2 Å². The van der Waals surface area contributed by atoms with Gasteiger partial charge in [-0.3, -0.25) is 14.6 Å². The molecule has 6 nitrogen and oxygen atoms in total. The highest BCUT2D eigenvalue weighted by Gasteiger charge is 2.42. The van der Waals surface area contributed by atoms with Crippen LogP contribution in [0.1, 0.15) is 31.4 Å². The minimum absolute atomic E-state index is 0.0359. The summed E-state index contributed by atoms with van der Waals surface area (Å²) < 4.78 is 0. The molecule has 1 N–H and O–H groups in total. The summed E-state index contributed by atoms with van der Waals surface area (Å²) in [6.45, 7) is 2.09. The predicted octanol–water partition coefficient (Wildman–Crippen LogP) is 0.805. The summed E-state index contributed by atoms with van der Waals surface area (Å²) in [6, 6.07) is 5.72. The Bertz CT molecular complexity index is 578. The van der Waals surface area contributed by atoms with Gasteiger partial charge in [-0.25, -0.2) is 0 Å². The monoisotopic (exact) mass is 317 g/mol. The van der Waals surface area contributed by atoms with Gasteiger partial charge in [0.25, 0.3) is 0 Å². The van der Waals surface area contributed by atoms with E-state index in [1.165, 1.54) is 0 Å². The molecule has 0 bridgehead atoms. The van der Waals surface area contributed by atoms with Crippen LogP contribution in [0.25, 0.3) is 0 Å². The molecule has 2 fully saturated rings. The second-order valence-electron chi connectivity index (χ2n) is 6.65. The Balaban J connectivity index is 1.71. The molecule has 124 valence electrons. The van der Waals surface area contributed by atoms with Gasteiger partial charge in [0, 0.05) is 37.7 Å². The molecule has 2 aliphatic heterocycles. The lowest BCUT2D eigenvalue weighted by Gasteiger charge is -2.48. The molecule has 3 heterocycles. The first-order valence-corrected chi connectivity index (χ1v) is 8.18. The fraction of sp³-hybridized carbons (Fsp3) is 0.588. The van der Waals surface area contributed by atoms with Gasteiger partial charge in [0.15, 0.2) is 0 Å². The summed E-state index contributed by atoms with van der Waals surface area (Å²) in [5.41, 5.74) is 0.850. The Kier molecular flexibility index (Phi) is 4.61. The average molecular weight is 317 g/mol. The van der Waals surface area contributed by atoms with Crippen molar-refractivity contribution in [1.82, 2.24) is 14.8 Å². The zero-order valence-corrected chi connectivity index (χ0v) is 13.3. The summed E-state index contributed by atoms with van der Waals surface area (Å²) in [6.07, 6.45) is 5.03. The van der Waals surface area contributed by atoms with E-state index in [1.54, 1.807) is 11.1 Å². The van der Waals surface area contributed by atoms with E-state index in [2.05, 4.69) is 4.98 Å². The number of nitrogens with zero attached hydrogens (tertiary/aromatic N) is 3. The van der Waals surface area contributed by atoms with Gasteiger partial charge in [0.2, 0.25) is 11.8 Å². The molecule has 6 heteroatoms. The van der Waals surface area contributed by atoms with Gasteiger partial charge in [-0.1, -0.05) is 6.07 Å². The molecule has 0 aromatic carbocycles. The zero-order valence-electron chi connectivity index (χ0n) is 13.3. The van der Waals surface area contributed by atoms with Crippen molar-refractivity contribution < 1.29 is 14.7 Å². The molecule has 2 amide bonds. The van der Waals surface area contributed by atoms with E-state index in [9.17, 15) is 9.59 Å². The second kappa shape index (κ2) is 6.66. The normalized spacial score (nSPS) is 25.0. The molecule has 1 aromatic rings. The quantitative estimate of drug-likeness (QED) is 0.895. The van der Waals surface area contributed by atoms with Crippen molar-refractivity contribution in [2.24, 2.45) is 5.41 Å². The number of amides is 2. The van der Waals surface area contributed by atoms with E-state index in [0.29, 0.717) is 32.6 Å². The standard InChI is InChI=1S/C17H23N3O3/c21-11-16(23)19-9-3-6-17(12-19)7-5-15(22)20(13-17)10-14-4-1-2-8-18-14/h1-2,4,8,21H,3,5-7,9-13H2/t17-/m0/s1. The van der Waals surface area contributed by atoms with E-state index < -0.39 is 6.61 Å². The molecule has 3 rings (SSSR count). The largest absolute Gasteiger partial charge is 0.387 e. The average Bonchev–Trinajstić information content (AvgIpc) is 2.59. The number of rotatable bonds is 3. The van der Waals surface area contributed by atoms with Crippen molar-refractivity contribution in [2.45, 2.75) is 32.2 Å². The SMILES string of the molecule is O=C(CO)N1CCC[C@]2(CCC(=O)N(Cc3ccccn3)C2)C1. The fourth-order valence-corrected chi connectivity index (χ4v) is 3.79. The van der Waals surface area contributed by atoms with Crippen LogP contribution < -0.4 is 0 Å². The molecule has 0 unspecified atom stereocenters. The molecule has 1 spiro atoms. The van der Waals surface area contributed by atoms with Crippen molar-refractivity contribution in [1.29, 1.82) is 0 Å². The number of aliphatic hydroxyl groups is 1.